The van der Waals surface area contributed by atoms with Gasteiger partial charge in [-0.05, 0) is 91.4 Å². The molecule has 0 fully saturated rings. The fourth-order valence-electron chi connectivity index (χ4n) is 4.95. The molecule has 53 heavy (non-hydrogen) atoms. The number of hydrogen-bond donors (Lipinski definition) is 1. The van der Waals surface area contributed by atoms with Gasteiger partial charge < -0.3 is 19.4 Å². The summed E-state index contributed by atoms with van der Waals surface area (Å²) in [5.74, 6) is -3.65. The molecule has 1 N–H and O–H groups in total. The summed E-state index contributed by atoms with van der Waals surface area (Å²) in [6.45, 7) is 10.9. The topological polar surface area (TPSA) is 141 Å². The molecule has 0 aliphatic heterocycles. The summed E-state index contributed by atoms with van der Waals surface area (Å²) >= 11 is 0. The van der Waals surface area contributed by atoms with E-state index in [1.54, 1.807) is 41.5 Å². The molecule has 0 aliphatic carbocycles. The van der Waals surface area contributed by atoms with E-state index in [1.165, 1.54) is 23.0 Å². The van der Waals surface area contributed by atoms with Crippen molar-refractivity contribution in [3.8, 4) is 0 Å². The predicted octanol–water partition coefficient (Wildman–Crippen LogP) is 4.88. The number of likely N-dealkylation sites (N-methyl/N-ethyl adjacent to an activating group) is 2. The van der Waals surface area contributed by atoms with Crippen LogP contribution in [0.15, 0.2) is 96.0 Å². The maximum atomic E-state index is 13.4. The second-order valence-corrected chi connectivity index (χ2v) is 17.5. The van der Waals surface area contributed by atoms with E-state index in [9.17, 15) is 27.6 Å². The zero-order chi connectivity index (χ0) is 40.0. The van der Waals surface area contributed by atoms with Gasteiger partial charge in [-0.15, -0.1) is 4.99 Å². The van der Waals surface area contributed by atoms with Crippen molar-refractivity contribution < 1.29 is 46.9 Å². The van der Waals surface area contributed by atoms with E-state index in [-0.39, 0.29) is 18.4 Å². The van der Waals surface area contributed by atoms with E-state index in [1.807, 2.05) is 30.1 Å². The van der Waals surface area contributed by atoms with Gasteiger partial charge in [0.05, 0.1) is 12.7 Å². The van der Waals surface area contributed by atoms with Crippen LogP contribution in [0, 0.1) is 0 Å². The molecule has 3 rings (SSSR count). The largest absolute Gasteiger partial charge is 0.542 e. The molecule has 288 valence electrons. The minimum Gasteiger partial charge on any atom is -0.542 e. The number of aliphatic carboxylic acids is 1. The van der Waals surface area contributed by atoms with Crippen LogP contribution in [0.3, 0.4) is 0 Å². The number of alkyl halides is 3. The predicted molar refractivity (Wildman–Crippen MR) is 199 cm³/mol. The molecule has 0 atom stereocenters. The van der Waals surface area contributed by atoms with Gasteiger partial charge in [0, 0.05) is 13.6 Å². The molecule has 3 amide bonds. The lowest BCUT2D eigenvalue weighted by molar-refractivity contribution is -0.344. The Balaban J connectivity index is 0.00000126. The molecule has 0 bridgehead atoms. The third-order valence-corrected chi connectivity index (χ3v) is 11.7. The lowest BCUT2D eigenvalue weighted by atomic mass is 10.2. The van der Waals surface area contributed by atoms with Crippen molar-refractivity contribution in [1.82, 2.24) is 15.1 Å². The number of carbonyl (C=O) groups excluding carboxylic acids is 4. The van der Waals surface area contributed by atoms with Crippen LogP contribution >= 0.6 is 7.26 Å². The van der Waals surface area contributed by atoms with Crippen LogP contribution in [0.4, 0.5) is 22.8 Å². The lowest BCUT2D eigenvalue weighted by Crippen LogP contribution is -2.49. The SMILES string of the molecule is CN(CCC[P+](c1ccccc1)(c1ccccc1)c1ccccc1)CC(=O)N(C)/C(=N/C(=O)OC(C)(C)C)NC(=O)OC(C)(C)C.O=C([O-])C(F)(F)F. The third kappa shape index (κ3) is 15.0. The number of guanidine groups is 1. The average Bonchev–Trinajstić information content (AvgIpc) is 3.05. The van der Waals surface area contributed by atoms with E-state index < -0.39 is 42.8 Å². The molecular formula is C38H48F3N4O7P. The smallest absolute Gasteiger partial charge is 0.437 e. The van der Waals surface area contributed by atoms with Gasteiger partial charge in [0.1, 0.15) is 40.3 Å². The number of carboxylic acids is 1. The summed E-state index contributed by atoms with van der Waals surface area (Å²) < 4.78 is 42.2. The number of nitrogens with one attached hydrogen (secondary N) is 1. The number of amides is 3. The molecule has 0 radical (unpaired) electrons. The first-order chi connectivity index (χ1) is 24.5. The van der Waals surface area contributed by atoms with Gasteiger partial charge in [0.25, 0.3) is 0 Å². The normalized spacial score (nSPS) is 12.3. The van der Waals surface area contributed by atoms with Crippen LogP contribution < -0.4 is 26.3 Å². The number of alkyl carbamates (subject to hydrolysis) is 1. The number of ether oxygens (including phenoxy) is 2. The van der Waals surface area contributed by atoms with Crippen molar-refractivity contribution in [1.29, 1.82) is 0 Å². The molecule has 11 nitrogen and oxygen atoms in total. The molecule has 0 aliphatic rings. The first-order valence-corrected chi connectivity index (χ1v) is 18.6. The van der Waals surface area contributed by atoms with E-state index in [2.05, 4.69) is 83.1 Å². The molecule has 0 aromatic heterocycles. The van der Waals surface area contributed by atoms with Gasteiger partial charge in [0.15, 0.2) is 0 Å². The first kappa shape index (κ1) is 44.4. The summed E-state index contributed by atoms with van der Waals surface area (Å²) in [6, 6.07) is 32.0. The standard InChI is InChI=1S/C36H47N4O5P.C2HF3O2/c1-35(2,3)44-33(42)37-32(38-34(43)45-36(4,5)6)40(8)31(41)27-39(7)25-18-26-46(28-19-12-9-13-20-28,29-21-14-10-15-22-29)30-23-16-11-17-24-30;3-2(4,5)1(6)7/h9-17,19-24H,18,25-27H2,1-8H3;(H,6,7). The monoisotopic (exact) mass is 760 g/mol. The molecule has 3 aromatic rings. The average molecular weight is 761 g/mol. The van der Waals surface area contributed by atoms with E-state index in [0.717, 1.165) is 17.5 Å². The van der Waals surface area contributed by atoms with Crippen molar-refractivity contribution in [2.45, 2.75) is 65.3 Å². The number of nitrogens with zero attached hydrogens (tertiary/aromatic N) is 3. The molecule has 0 heterocycles. The van der Waals surface area contributed by atoms with Crippen molar-refractivity contribution in [2.75, 3.05) is 33.3 Å². The van der Waals surface area contributed by atoms with E-state index in [0.29, 0.717) is 6.54 Å². The van der Waals surface area contributed by atoms with Crippen LogP contribution in [0.2, 0.25) is 0 Å². The summed E-state index contributed by atoms with van der Waals surface area (Å²) in [4.78, 5) is 54.3. The molecule has 0 spiro atoms. The number of benzene rings is 3. The minimum atomic E-state index is -5.19. The van der Waals surface area contributed by atoms with Crippen LogP contribution in [0.1, 0.15) is 48.0 Å². The van der Waals surface area contributed by atoms with E-state index >= 15 is 0 Å². The highest BCUT2D eigenvalue weighted by molar-refractivity contribution is 7.95. The van der Waals surface area contributed by atoms with Crippen molar-refractivity contribution in [2.24, 2.45) is 4.99 Å². The first-order valence-electron chi connectivity index (χ1n) is 16.6. The summed E-state index contributed by atoms with van der Waals surface area (Å²) in [6.07, 6.45) is -5.24. The molecule has 15 heteroatoms. The number of hydrogen-bond acceptors (Lipinski definition) is 8. The molecule has 0 saturated carbocycles. The molecule has 3 aromatic carbocycles. The van der Waals surface area contributed by atoms with Gasteiger partial charge in [-0.1, -0.05) is 54.6 Å². The number of carboxylic acid groups (broad SMARTS) is 1. The Morgan fingerprint density at radius 2 is 1.13 bits per heavy atom. The number of carbonyl (C=O) groups is 4. The second-order valence-electron chi connectivity index (χ2n) is 13.9. The van der Waals surface area contributed by atoms with Crippen molar-refractivity contribution >= 4 is 53.2 Å². The molecule has 0 unspecified atom stereocenters. The Hall–Kier alpha value is -4.81. The van der Waals surface area contributed by atoms with Crippen LogP contribution in [-0.4, -0.2) is 90.5 Å². The Morgan fingerprint density at radius 1 is 0.736 bits per heavy atom. The number of rotatable bonds is 9. The Morgan fingerprint density at radius 3 is 1.49 bits per heavy atom. The number of halogens is 3. The molecule has 0 saturated heterocycles. The summed E-state index contributed by atoms with van der Waals surface area (Å²) in [5.41, 5.74) is -1.60. The Labute approximate surface area is 309 Å². The van der Waals surface area contributed by atoms with Crippen LogP contribution in [-0.2, 0) is 19.1 Å². The summed E-state index contributed by atoms with van der Waals surface area (Å²) in [7, 11) is 1.33. The van der Waals surface area contributed by atoms with Gasteiger partial charge in [-0.2, -0.15) is 13.2 Å². The Bertz CT molecular complexity index is 1580. The maximum absolute atomic E-state index is 13.4. The van der Waals surface area contributed by atoms with Crippen LogP contribution in [0.25, 0.3) is 0 Å². The third-order valence-electron chi connectivity index (χ3n) is 7.16. The number of aliphatic imine (C=N–C) groups is 1. The van der Waals surface area contributed by atoms with Gasteiger partial charge in [-0.25, -0.2) is 9.59 Å². The van der Waals surface area contributed by atoms with Crippen molar-refractivity contribution in [3.63, 3.8) is 0 Å². The van der Waals surface area contributed by atoms with Crippen molar-refractivity contribution in [3.05, 3.63) is 91.0 Å². The zero-order valence-electron chi connectivity index (χ0n) is 31.3. The van der Waals surface area contributed by atoms with Gasteiger partial charge >= 0.3 is 18.4 Å². The second kappa shape index (κ2) is 19.3. The highest BCUT2D eigenvalue weighted by Crippen LogP contribution is 2.55. The van der Waals surface area contributed by atoms with Gasteiger partial charge in [-0.3, -0.25) is 19.9 Å². The lowest BCUT2D eigenvalue weighted by Gasteiger charge is -2.29. The van der Waals surface area contributed by atoms with E-state index in [4.69, 9.17) is 19.4 Å². The Kier molecular flexibility index (Phi) is 16.2. The zero-order valence-corrected chi connectivity index (χ0v) is 32.2. The highest BCUT2D eigenvalue weighted by atomic mass is 31.2. The fraction of sp³-hybridized carbons (Fsp3) is 0.395. The van der Waals surface area contributed by atoms with Gasteiger partial charge in [0.2, 0.25) is 11.9 Å². The highest BCUT2D eigenvalue weighted by Gasteiger charge is 2.44. The summed E-state index contributed by atoms with van der Waals surface area (Å²) in [5, 5.41) is 15.1. The van der Waals surface area contributed by atoms with Crippen LogP contribution in [0.5, 0.6) is 0 Å². The fourth-order valence-corrected chi connectivity index (χ4v) is 9.27. The maximum Gasteiger partial charge on any atom is 0.437 e. The minimum absolute atomic E-state index is 0.0350. The quantitative estimate of drug-likeness (QED) is 0.185. The molecular weight excluding hydrogens is 712 g/mol.